The molecule has 1 aliphatic heterocycles. The Morgan fingerprint density at radius 3 is 2.29 bits per heavy atom. The molecular weight excluding hydrogens is 260 g/mol. The Labute approximate surface area is 131 Å². The van der Waals surface area contributed by atoms with Crippen LogP contribution in [0.1, 0.15) is 66.2 Å². The van der Waals surface area contributed by atoms with E-state index in [1.807, 2.05) is 0 Å². The van der Waals surface area contributed by atoms with Gasteiger partial charge in [0, 0.05) is 31.7 Å². The summed E-state index contributed by atoms with van der Waals surface area (Å²) < 4.78 is 6.28. The van der Waals surface area contributed by atoms with Gasteiger partial charge in [0.05, 0.1) is 12.2 Å². The molecule has 0 aromatic heterocycles. The van der Waals surface area contributed by atoms with Crippen LogP contribution in [-0.2, 0) is 4.74 Å². The van der Waals surface area contributed by atoms with E-state index in [0.717, 1.165) is 25.0 Å². The fourth-order valence-electron chi connectivity index (χ4n) is 3.80. The summed E-state index contributed by atoms with van der Waals surface area (Å²) in [4.78, 5) is 2.74. The third-order valence-electron chi connectivity index (χ3n) is 4.83. The Hall–Kier alpha value is -0.120. The summed E-state index contributed by atoms with van der Waals surface area (Å²) in [5, 5.41) is 3.51. The van der Waals surface area contributed by atoms with Crippen molar-refractivity contribution in [2.24, 2.45) is 5.92 Å². The summed E-state index contributed by atoms with van der Waals surface area (Å²) in [6.45, 7) is 12.5. The van der Waals surface area contributed by atoms with Crippen molar-refractivity contribution in [1.82, 2.24) is 10.2 Å². The molecule has 2 unspecified atom stereocenters. The molecule has 0 aromatic rings. The van der Waals surface area contributed by atoms with Crippen LogP contribution in [0.4, 0.5) is 0 Å². The molecule has 0 aromatic carbocycles. The van der Waals surface area contributed by atoms with Gasteiger partial charge in [0.25, 0.3) is 0 Å². The van der Waals surface area contributed by atoms with Gasteiger partial charge >= 0.3 is 0 Å². The van der Waals surface area contributed by atoms with E-state index in [1.54, 1.807) is 0 Å². The lowest BCUT2D eigenvalue weighted by Gasteiger charge is -2.32. The van der Waals surface area contributed by atoms with Gasteiger partial charge in [-0.05, 0) is 31.6 Å². The van der Waals surface area contributed by atoms with Crippen LogP contribution in [0.25, 0.3) is 0 Å². The molecule has 1 aliphatic carbocycles. The topological polar surface area (TPSA) is 24.5 Å². The number of nitrogens with zero attached hydrogens (tertiary/aromatic N) is 1. The van der Waals surface area contributed by atoms with Crippen LogP contribution in [0.2, 0.25) is 0 Å². The molecule has 1 saturated carbocycles. The first-order chi connectivity index (χ1) is 10.0. The van der Waals surface area contributed by atoms with Gasteiger partial charge in [-0.3, -0.25) is 4.90 Å². The third kappa shape index (κ3) is 5.88. The van der Waals surface area contributed by atoms with Crippen molar-refractivity contribution in [3.05, 3.63) is 0 Å². The van der Waals surface area contributed by atoms with Crippen LogP contribution >= 0.6 is 0 Å². The van der Waals surface area contributed by atoms with E-state index in [-0.39, 0.29) is 0 Å². The molecule has 0 bridgehead atoms. The number of rotatable bonds is 8. The summed E-state index contributed by atoms with van der Waals surface area (Å²) in [7, 11) is 0. The molecule has 0 amide bonds. The highest BCUT2D eigenvalue weighted by atomic mass is 16.5. The Bertz CT molecular complexity index is 287. The van der Waals surface area contributed by atoms with Gasteiger partial charge in [-0.15, -0.1) is 0 Å². The average Bonchev–Trinajstić information content (AvgIpc) is 3.06. The van der Waals surface area contributed by atoms with Crippen LogP contribution in [0.15, 0.2) is 0 Å². The normalized spacial score (nSPS) is 27.6. The predicted molar refractivity (Wildman–Crippen MR) is 89.7 cm³/mol. The molecule has 3 nitrogen and oxygen atoms in total. The van der Waals surface area contributed by atoms with Crippen molar-refractivity contribution in [2.45, 2.75) is 90.5 Å². The summed E-state index contributed by atoms with van der Waals surface area (Å²) in [6, 6.07) is 1.38. The Balaban J connectivity index is 1.77. The Morgan fingerprint density at radius 1 is 1.00 bits per heavy atom. The van der Waals surface area contributed by atoms with Crippen molar-refractivity contribution in [2.75, 3.05) is 19.6 Å². The summed E-state index contributed by atoms with van der Waals surface area (Å²) >= 11 is 0. The largest absolute Gasteiger partial charge is 0.372 e. The van der Waals surface area contributed by atoms with Crippen LogP contribution in [0.5, 0.6) is 0 Å². The minimum absolute atomic E-state index is 0.432. The SMILES string of the molecule is CC(C)CN(CC1CCC(CNC(C)C)O1)C1CCCC1. The van der Waals surface area contributed by atoms with E-state index in [4.69, 9.17) is 4.74 Å². The number of hydrogen-bond acceptors (Lipinski definition) is 3. The lowest BCUT2D eigenvalue weighted by molar-refractivity contribution is 0.0113. The van der Waals surface area contributed by atoms with Crippen molar-refractivity contribution in [1.29, 1.82) is 0 Å². The monoisotopic (exact) mass is 296 g/mol. The fourth-order valence-corrected chi connectivity index (χ4v) is 3.80. The van der Waals surface area contributed by atoms with E-state index in [2.05, 4.69) is 37.9 Å². The third-order valence-corrected chi connectivity index (χ3v) is 4.83. The van der Waals surface area contributed by atoms with E-state index >= 15 is 0 Å². The molecule has 2 rings (SSSR count). The second kappa shape index (κ2) is 8.50. The molecule has 2 aliphatic rings. The molecular formula is C18H36N2O. The van der Waals surface area contributed by atoms with Gasteiger partial charge < -0.3 is 10.1 Å². The first-order valence-electron chi connectivity index (χ1n) is 9.17. The van der Waals surface area contributed by atoms with Crippen molar-refractivity contribution in [3.63, 3.8) is 0 Å². The van der Waals surface area contributed by atoms with Gasteiger partial charge in [0.1, 0.15) is 0 Å². The molecule has 0 spiro atoms. The molecule has 3 heteroatoms. The second-order valence-corrected chi connectivity index (χ2v) is 7.81. The minimum atomic E-state index is 0.432. The van der Waals surface area contributed by atoms with Crippen LogP contribution < -0.4 is 5.32 Å². The van der Waals surface area contributed by atoms with Gasteiger partial charge in [0.15, 0.2) is 0 Å². The molecule has 1 N–H and O–H groups in total. The zero-order valence-corrected chi connectivity index (χ0v) is 14.6. The van der Waals surface area contributed by atoms with Crippen LogP contribution in [-0.4, -0.2) is 48.8 Å². The summed E-state index contributed by atoms with van der Waals surface area (Å²) in [5.74, 6) is 0.755. The first kappa shape index (κ1) is 17.2. The number of ether oxygens (including phenoxy) is 1. The maximum atomic E-state index is 6.28. The lowest BCUT2D eigenvalue weighted by Crippen LogP contribution is -2.42. The lowest BCUT2D eigenvalue weighted by atomic mass is 10.1. The predicted octanol–water partition coefficient (Wildman–Crippen LogP) is 3.43. The molecule has 124 valence electrons. The van der Waals surface area contributed by atoms with Crippen LogP contribution in [0, 0.1) is 5.92 Å². The maximum absolute atomic E-state index is 6.28. The van der Waals surface area contributed by atoms with Crippen molar-refractivity contribution in [3.8, 4) is 0 Å². The van der Waals surface area contributed by atoms with Gasteiger partial charge in [-0.1, -0.05) is 40.5 Å². The average molecular weight is 296 g/mol. The smallest absolute Gasteiger partial charge is 0.0707 e. The molecule has 2 atom stereocenters. The molecule has 2 fully saturated rings. The van der Waals surface area contributed by atoms with Crippen LogP contribution in [0.3, 0.4) is 0 Å². The van der Waals surface area contributed by atoms with E-state index in [1.165, 1.54) is 45.1 Å². The minimum Gasteiger partial charge on any atom is -0.372 e. The standard InChI is InChI=1S/C18H36N2O/c1-14(2)12-20(16-7-5-6-8-16)13-18-10-9-17(21-18)11-19-15(3)4/h14-19H,5-13H2,1-4H3. The van der Waals surface area contributed by atoms with Gasteiger partial charge in [0.2, 0.25) is 0 Å². The highest BCUT2D eigenvalue weighted by molar-refractivity contribution is 4.83. The summed E-state index contributed by atoms with van der Waals surface area (Å²) in [6.07, 6.45) is 9.01. The summed E-state index contributed by atoms with van der Waals surface area (Å²) in [5.41, 5.74) is 0. The Morgan fingerprint density at radius 2 is 1.67 bits per heavy atom. The maximum Gasteiger partial charge on any atom is 0.0707 e. The van der Waals surface area contributed by atoms with E-state index in [9.17, 15) is 0 Å². The van der Waals surface area contributed by atoms with Gasteiger partial charge in [-0.2, -0.15) is 0 Å². The molecule has 21 heavy (non-hydrogen) atoms. The first-order valence-corrected chi connectivity index (χ1v) is 9.17. The fraction of sp³-hybridized carbons (Fsp3) is 1.00. The number of hydrogen-bond donors (Lipinski definition) is 1. The van der Waals surface area contributed by atoms with E-state index in [0.29, 0.717) is 18.2 Å². The zero-order chi connectivity index (χ0) is 15.2. The molecule has 1 heterocycles. The van der Waals surface area contributed by atoms with E-state index < -0.39 is 0 Å². The quantitative estimate of drug-likeness (QED) is 0.742. The highest BCUT2D eigenvalue weighted by Crippen LogP contribution is 2.27. The zero-order valence-electron chi connectivity index (χ0n) is 14.6. The van der Waals surface area contributed by atoms with Crippen molar-refractivity contribution >= 4 is 0 Å². The van der Waals surface area contributed by atoms with Crippen molar-refractivity contribution < 1.29 is 4.74 Å². The Kier molecular flexibility index (Phi) is 6.97. The number of nitrogens with one attached hydrogen (secondary N) is 1. The highest BCUT2D eigenvalue weighted by Gasteiger charge is 2.30. The van der Waals surface area contributed by atoms with Gasteiger partial charge in [-0.25, -0.2) is 0 Å². The molecule has 0 radical (unpaired) electrons. The molecule has 1 saturated heterocycles. The second-order valence-electron chi connectivity index (χ2n) is 7.81.